The number of fused-ring (bicyclic) bond motifs is 1. The first-order valence-electron chi connectivity index (χ1n) is 14.3. The Morgan fingerprint density at radius 3 is 2.50 bits per heavy atom. The number of carbonyl (C=O) groups excluding carboxylic acids is 1. The number of hydrogen-bond acceptors (Lipinski definition) is 7. The molecule has 0 atom stereocenters. The second-order valence-corrected chi connectivity index (χ2v) is 11.7. The molecule has 0 unspecified atom stereocenters. The largest absolute Gasteiger partial charge is 0.366 e. The number of carbonyl (C=O) groups is 1. The van der Waals surface area contributed by atoms with Crippen LogP contribution in [0.1, 0.15) is 36.6 Å². The second kappa shape index (κ2) is 12.6. The molecule has 1 saturated heterocycles. The van der Waals surface area contributed by atoms with Gasteiger partial charge in [0.25, 0.3) is 5.56 Å². The molecule has 11 heteroatoms. The van der Waals surface area contributed by atoms with Crippen molar-refractivity contribution in [2.45, 2.75) is 26.3 Å². The van der Waals surface area contributed by atoms with Crippen molar-refractivity contribution in [1.29, 1.82) is 5.26 Å². The van der Waals surface area contributed by atoms with Gasteiger partial charge in [-0.25, -0.2) is 9.37 Å². The summed E-state index contributed by atoms with van der Waals surface area (Å²) in [6.45, 7) is 9.52. The van der Waals surface area contributed by atoms with Gasteiger partial charge in [0.1, 0.15) is 23.1 Å². The topological polar surface area (TPSA) is 98.4 Å². The van der Waals surface area contributed by atoms with Crippen molar-refractivity contribution in [3.8, 4) is 23.0 Å². The summed E-state index contributed by atoms with van der Waals surface area (Å²) in [5, 5.41) is 11.1. The normalized spacial score (nSPS) is 13.5. The van der Waals surface area contributed by atoms with Crippen LogP contribution in [0.15, 0.2) is 60.0 Å². The third-order valence-electron chi connectivity index (χ3n) is 7.69. The highest BCUT2D eigenvalue weighted by Crippen LogP contribution is 2.38. The minimum atomic E-state index is -0.566. The van der Waals surface area contributed by atoms with E-state index in [1.807, 2.05) is 43.8 Å². The molecule has 5 rings (SSSR count). The van der Waals surface area contributed by atoms with Gasteiger partial charge in [0.05, 0.1) is 27.8 Å². The van der Waals surface area contributed by atoms with E-state index >= 15 is 4.39 Å². The molecule has 4 aromatic rings. The number of anilines is 1. The number of rotatable bonds is 7. The molecule has 1 amide bonds. The monoisotopic (exact) mass is 613 g/mol. The Labute approximate surface area is 260 Å². The van der Waals surface area contributed by atoms with E-state index in [-0.39, 0.29) is 39.3 Å². The zero-order valence-corrected chi connectivity index (χ0v) is 25.9. The van der Waals surface area contributed by atoms with E-state index in [9.17, 15) is 14.9 Å². The Kier molecular flexibility index (Phi) is 8.81. The van der Waals surface area contributed by atoms with E-state index in [1.54, 1.807) is 35.4 Å². The molecule has 1 aliphatic heterocycles. The lowest BCUT2D eigenvalue weighted by atomic mass is 10.0. The van der Waals surface area contributed by atoms with Gasteiger partial charge in [-0.1, -0.05) is 44.2 Å². The maximum absolute atomic E-state index is 15.1. The number of halogens is 2. The third kappa shape index (κ3) is 5.56. The summed E-state index contributed by atoms with van der Waals surface area (Å²) in [7, 11) is 3.85. The van der Waals surface area contributed by atoms with Gasteiger partial charge in [0.2, 0.25) is 5.91 Å². The molecule has 0 aliphatic carbocycles. The zero-order valence-electron chi connectivity index (χ0n) is 25.1. The Hall–Kier alpha value is -4.59. The van der Waals surface area contributed by atoms with E-state index in [0.717, 1.165) is 5.56 Å². The molecule has 3 aromatic heterocycles. The first-order valence-corrected chi connectivity index (χ1v) is 14.7. The van der Waals surface area contributed by atoms with Gasteiger partial charge >= 0.3 is 0 Å². The average Bonchev–Trinajstić information content (AvgIpc) is 3.00. The SMILES string of the molecule is C=CC(=O)N1CCN(c2c(C#N)c(=O)n(-c3c(CN(C)C)ccnc3C(C)C)c3nc(-c4ccccc4F)c(Cl)cc23)CC1. The van der Waals surface area contributed by atoms with Crippen LogP contribution >= 0.6 is 11.6 Å². The highest BCUT2D eigenvalue weighted by Gasteiger charge is 2.30. The van der Waals surface area contributed by atoms with Crippen molar-refractivity contribution in [3.05, 3.63) is 93.3 Å². The molecule has 226 valence electrons. The first kappa shape index (κ1) is 30.9. The molecular formula is C33H33ClFN7O2. The summed E-state index contributed by atoms with van der Waals surface area (Å²) in [5.41, 5.74) is 2.33. The molecule has 1 aliphatic rings. The minimum Gasteiger partial charge on any atom is -0.366 e. The molecule has 0 N–H and O–H groups in total. The lowest BCUT2D eigenvalue weighted by Gasteiger charge is -2.36. The first-order chi connectivity index (χ1) is 21.1. The van der Waals surface area contributed by atoms with Crippen molar-refractivity contribution in [2.24, 2.45) is 0 Å². The van der Waals surface area contributed by atoms with Crippen LogP contribution in [-0.2, 0) is 11.3 Å². The maximum atomic E-state index is 15.1. The predicted octanol–water partition coefficient (Wildman–Crippen LogP) is 5.13. The maximum Gasteiger partial charge on any atom is 0.276 e. The number of piperazine rings is 1. The molecule has 0 bridgehead atoms. The Morgan fingerprint density at radius 2 is 1.89 bits per heavy atom. The summed E-state index contributed by atoms with van der Waals surface area (Å²) in [5.74, 6) is -0.770. The highest BCUT2D eigenvalue weighted by molar-refractivity contribution is 6.34. The average molecular weight is 614 g/mol. The smallest absolute Gasteiger partial charge is 0.276 e. The summed E-state index contributed by atoms with van der Waals surface area (Å²) < 4.78 is 16.5. The van der Waals surface area contributed by atoms with Gasteiger partial charge in [-0.2, -0.15) is 5.26 Å². The van der Waals surface area contributed by atoms with Gasteiger partial charge in [0.15, 0.2) is 0 Å². The Balaban J connectivity index is 1.90. The molecule has 1 fully saturated rings. The summed E-state index contributed by atoms with van der Waals surface area (Å²) >= 11 is 6.82. The van der Waals surface area contributed by atoms with Gasteiger partial charge in [-0.3, -0.25) is 19.1 Å². The minimum absolute atomic E-state index is 0.0758. The fourth-order valence-electron chi connectivity index (χ4n) is 5.69. The third-order valence-corrected chi connectivity index (χ3v) is 7.98. The van der Waals surface area contributed by atoms with Crippen LogP contribution in [0.2, 0.25) is 5.02 Å². The lowest BCUT2D eigenvalue weighted by molar-refractivity contribution is -0.126. The molecule has 1 aromatic carbocycles. The van der Waals surface area contributed by atoms with E-state index in [4.69, 9.17) is 16.6 Å². The fourth-order valence-corrected chi connectivity index (χ4v) is 5.94. The molecule has 9 nitrogen and oxygen atoms in total. The van der Waals surface area contributed by atoms with Crippen LogP contribution < -0.4 is 10.5 Å². The molecule has 0 radical (unpaired) electrons. The van der Waals surface area contributed by atoms with E-state index in [1.165, 1.54) is 16.7 Å². The van der Waals surface area contributed by atoms with Crippen molar-refractivity contribution < 1.29 is 9.18 Å². The molecule has 0 saturated carbocycles. The van der Waals surface area contributed by atoms with Gasteiger partial charge < -0.3 is 14.7 Å². The summed E-state index contributed by atoms with van der Waals surface area (Å²) in [6, 6.07) is 11.8. The molecule has 0 spiro atoms. The van der Waals surface area contributed by atoms with Crippen molar-refractivity contribution in [1.82, 2.24) is 24.3 Å². The Morgan fingerprint density at radius 1 is 1.18 bits per heavy atom. The van der Waals surface area contributed by atoms with Crippen LogP contribution in [0.4, 0.5) is 10.1 Å². The molecular weight excluding hydrogens is 581 g/mol. The van der Waals surface area contributed by atoms with Crippen LogP contribution in [-0.4, -0.2) is 70.5 Å². The number of benzene rings is 1. The number of nitrogens with zero attached hydrogens (tertiary/aromatic N) is 7. The number of aromatic nitrogens is 3. The van der Waals surface area contributed by atoms with E-state index < -0.39 is 11.4 Å². The zero-order chi connectivity index (χ0) is 31.7. The Bertz CT molecular complexity index is 1870. The van der Waals surface area contributed by atoms with Crippen LogP contribution in [0.25, 0.3) is 28.0 Å². The van der Waals surface area contributed by atoms with E-state index in [0.29, 0.717) is 55.2 Å². The van der Waals surface area contributed by atoms with E-state index in [2.05, 4.69) is 17.6 Å². The van der Waals surface area contributed by atoms with Gasteiger partial charge in [-0.15, -0.1) is 0 Å². The molecule has 4 heterocycles. The van der Waals surface area contributed by atoms with Crippen LogP contribution in [0, 0.1) is 17.1 Å². The number of nitriles is 1. The standard InChI is InChI=1S/C33H33ClFN7O2/c1-6-27(43)40-13-15-41(16-14-40)31-23-17-25(34)29(22-9-7-8-10-26(22)35)38-32(23)42(33(44)24(31)18-36)30-21(19-39(4)5)11-12-37-28(30)20(2)3/h6-12,17,20H,1,13-16,19H2,2-5H3. The van der Waals surface area contributed by atoms with Gasteiger partial charge in [0, 0.05) is 49.9 Å². The summed E-state index contributed by atoms with van der Waals surface area (Å²) in [4.78, 5) is 41.9. The lowest BCUT2D eigenvalue weighted by Crippen LogP contribution is -2.49. The number of hydrogen-bond donors (Lipinski definition) is 0. The van der Waals surface area contributed by atoms with Crippen molar-refractivity contribution >= 4 is 34.2 Å². The second-order valence-electron chi connectivity index (χ2n) is 11.3. The summed E-state index contributed by atoms with van der Waals surface area (Å²) in [6.07, 6.45) is 2.98. The molecule has 44 heavy (non-hydrogen) atoms. The van der Waals surface area contributed by atoms with Crippen molar-refractivity contribution in [3.63, 3.8) is 0 Å². The quantitative estimate of drug-likeness (QED) is 0.267. The van der Waals surface area contributed by atoms with Crippen molar-refractivity contribution in [2.75, 3.05) is 45.2 Å². The fraction of sp³-hybridized carbons (Fsp3) is 0.303. The number of pyridine rings is 3. The van der Waals surface area contributed by atoms with Gasteiger partial charge in [-0.05, 0) is 55.9 Å². The highest BCUT2D eigenvalue weighted by atomic mass is 35.5. The predicted molar refractivity (Wildman–Crippen MR) is 171 cm³/mol. The van der Waals surface area contributed by atoms with Crippen LogP contribution in [0.3, 0.4) is 0 Å². The van der Waals surface area contributed by atoms with Crippen LogP contribution in [0.5, 0.6) is 0 Å². The number of amides is 1.